The molecule has 1 aromatic heterocycles. The Labute approximate surface area is 78.0 Å². The van der Waals surface area contributed by atoms with Gasteiger partial charge in [-0.25, -0.2) is 9.97 Å². The fourth-order valence-corrected chi connectivity index (χ4v) is 1.41. The van der Waals surface area contributed by atoms with E-state index in [0.29, 0.717) is 0 Å². The van der Waals surface area contributed by atoms with Crippen molar-refractivity contribution in [3.63, 3.8) is 0 Å². The molecule has 1 aliphatic rings. The van der Waals surface area contributed by atoms with Crippen molar-refractivity contribution < 1.29 is 0 Å². The molecule has 4 nitrogen and oxygen atoms in total. The van der Waals surface area contributed by atoms with Gasteiger partial charge in [-0.15, -0.1) is 0 Å². The molecule has 2 rings (SSSR count). The first kappa shape index (κ1) is 8.44. The highest BCUT2D eigenvalue weighted by molar-refractivity contribution is 5.30. The van der Waals surface area contributed by atoms with Gasteiger partial charge in [0.2, 0.25) is 5.95 Å². The molecule has 1 N–H and O–H groups in total. The van der Waals surface area contributed by atoms with Crippen LogP contribution in [0.1, 0.15) is 5.56 Å². The number of aryl methyl sites for hydroxylation is 1. The summed E-state index contributed by atoms with van der Waals surface area (Å²) >= 11 is 0. The Hall–Kier alpha value is -1.16. The van der Waals surface area contributed by atoms with E-state index in [1.165, 1.54) is 0 Å². The molecule has 0 spiro atoms. The summed E-state index contributed by atoms with van der Waals surface area (Å²) in [6, 6.07) is 0. The van der Waals surface area contributed by atoms with Gasteiger partial charge >= 0.3 is 0 Å². The fraction of sp³-hybridized carbons (Fsp3) is 0.556. The van der Waals surface area contributed by atoms with Crippen molar-refractivity contribution in [2.45, 2.75) is 6.92 Å². The predicted molar refractivity (Wildman–Crippen MR) is 51.9 cm³/mol. The van der Waals surface area contributed by atoms with Crippen molar-refractivity contribution >= 4 is 5.95 Å². The molecule has 4 heteroatoms. The normalized spacial score (nSPS) is 17.5. The molecule has 0 radical (unpaired) electrons. The summed E-state index contributed by atoms with van der Waals surface area (Å²) in [6.07, 6.45) is 3.73. The van der Waals surface area contributed by atoms with Crippen LogP contribution in [0.2, 0.25) is 0 Å². The summed E-state index contributed by atoms with van der Waals surface area (Å²) in [5.74, 6) is 0.854. The Morgan fingerprint density at radius 3 is 2.46 bits per heavy atom. The molecule has 1 saturated heterocycles. The molecule has 0 saturated carbocycles. The van der Waals surface area contributed by atoms with E-state index >= 15 is 0 Å². The largest absolute Gasteiger partial charge is 0.338 e. The van der Waals surface area contributed by atoms with Crippen LogP contribution >= 0.6 is 0 Å². The van der Waals surface area contributed by atoms with E-state index in [1.807, 2.05) is 19.3 Å². The molecular weight excluding hydrogens is 164 g/mol. The highest BCUT2D eigenvalue weighted by Crippen LogP contribution is 2.06. The number of nitrogens with one attached hydrogen (secondary N) is 1. The van der Waals surface area contributed by atoms with E-state index in [-0.39, 0.29) is 0 Å². The van der Waals surface area contributed by atoms with Crippen LogP contribution in [0.5, 0.6) is 0 Å². The molecule has 0 amide bonds. The van der Waals surface area contributed by atoms with E-state index in [4.69, 9.17) is 0 Å². The molecule has 1 aromatic rings. The summed E-state index contributed by atoms with van der Waals surface area (Å²) in [5, 5.41) is 3.30. The van der Waals surface area contributed by atoms with Gasteiger partial charge in [-0.1, -0.05) is 0 Å². The van der Waals surface area contributed by atoms with Crippen molar-refractivity contribution in [3.05, 3.63) is 18.0 Å². The summed E-state index contributed by atoms with van der Waals surface area (Å²) in [7, 11) is 0. The summed E-state index contributed by atoms with van der Waals surface area (Å²) in [4.78, 5) is 10.8. The lowest BCUT2D eigenvalue weighted by Gasteiger charge is -2.27. The van der Waals surface area contributed by atoms with E-state index < -0.39 is 0 Å². The molecule has 70 valence electrons. The maximum Gasteiger partial charge on any atom is 0.225 e. The molecule has 1 fully saturated rings. The Balaban J connectivity index is 2.10. The maximum atomic E-state index is 4.29. The average molecular weight is 178 g/mol. The van der Waals surface area contributed by atoms with E-state index in [0.717, 1.165) is 37.7 Å². The number of nitrogens with zero attached hydrogens (tertiary/aromatic N) is 3. The first-order chi connectivity index (χ1) is 6.36. The van der Waals surface area contributed by atoms with Crippen LogP contribution in [0.3, 0.4) is 0 Å². The van der Waals surface area contributed by atoms with Crippen LogP contribution in [-0.2, 0) is 0 Å². The monoisotopic (exact) mass is 178 g/mol. The highest BCUT2D eigenvalue weighted by atomic mass is 15.3. The molecular formula is C9H14N4. The van der Waals surface area contributed by atoms with Crippen LogP contribution in [0.4, 0.5) is 5.95 Å². The molecule has 0 aliphatic carbocycles. The number of anilines is 1. The van der Waals surface area contributed by atoms with Crippen LogP contribution in [-0.4, -0.2) is 36.1 Å². The minimum atomic E-state index is 0.854. The minimum Gasteiger partial charge on any atom is -0.338 e. The number of aromatic nitrogens is 2. The van der Waals surface area contributed by atoms with Crippen molar-refractivity contribution in [2.24, 2.45) is 0 Å². The Bertz CT molecular complexity index is 263. The highest BCUT2D eigenvalue weighted by Gasteiger charge is 2.11. The quantitative estimate of drug-likeness (QED) is 0.666. The van der Waals surface area contributed by atoms with Gasteiger partial charge < -0.3 is 10.2 Å². The third kappa shape index (κ3) is 1.95. The Morgan fingerprint density at radius 1 is 1.23 bits per heavy atom. The van der Waals surface area contributed by atoms with Crippen LogP contribution in [0.25, 0.3) is 0 Å². The minimum absolute atomic E-state index is 0.854. The lowest BCUT2D eigenvalue weighted by molar-refractivity contribution is 0.579. The SMILES string of the molecule is Cc1cnc(N2CCNCC2)nc1. The van der Waals surface area contributed by atoms with Gasteiger partial charge in [0.15, 0.2) is 0 Å². The van der Waals surface area contributed by atoms with E-state index in [2.05, 4.69) is 20.2 Å². The molecule has 13 heavy (non-hydrogen) atoms. The maximum absolute atomic E-state index is 4.29. The number of hydrogen-bond donors (Lipinski definition) is 1. The average Bonchev–Trinajstić information content (AvgIpc) is 2.20. The third-order valence-electron chi connectivity index (χ3n) is 2.17. The zero-order valence-corrected chi connectivity index (χ0v) is 7.82. The lowest BCUT2D eigenvalue weighted by atomic mass is 10.4. The molecule has 0 aromatic carbocycles. The van der Waals surface area contributed by atoms with Crippen molar-refractivity contribution in [1.82, 2.24) is 15.3 Å². The summed E-state index contributed by atoms with van der Waals surface area (Å²) in [6.45, 7) is 6.06. The van der Waals surface area contributed by atoms with Gasteiger partial charge in [-0.3, -0.25) is 0 Å². The molecule has 2 heterocycles. The number of rotatable bonds is 1. The van der Waals surface area contributed by atoms with Crippen LogP contribution in [0, 0.1) is 6.92 Å². The lowest BCUT2D eigenvalue weighted by Crippen LogP contribution is -2.44. The second-order valence-electron chi connectivity index (χ2n) is 3.30. The Kier molecular flexibility index (Phi) is 2.40. The number of hydrogen-bond acceptors (Lipinski definition) is 4. The third-order valence-corrected chi connectivity index (χ3v) is 2.17. The first-order valence-corrected chi connectivity index (χ1v) is 4.60. The van der Waals surface area contributed by atoms with Gasteiger partial charge in [-0.2, -0.15) is 0 Å². The smallest absolute Gasteiger partial charge is 0.225 e. The molecule has 0 unspecified atom stereocenters. The summed E-state index contributed by atoms with van der Waals surface area (Å²) in [5.41, 5.74) is 1.11. The van der Waals surface area contributed by atoms with Gasteiger partial charge in [0.05, 0.1) is 0 Å². The second kappa shape index (κ2) is 3.70. The van der Waals surface area contributed by atoms with Gasteiger partial charge in [-0.05, 0) is 12.5 Å². The van der Waals surface area contributed by atoms with Gasteiger partial charge in [0, 0.05) is 38.6 Å². The summed E-state index contributed by atoms with van der Waals surface area (Å²) < 4.78 is 0. The molecule has 0 atom stereocenters. The standard InChI is InChI=1S/C9H14N4/c1-8-6-11-9(12-7-8)13-4-2-10-3-5-13/h6-7,10H,2-5H2,1H3. The van der Waals surface area contributed by atoms with Crippen LogP contribution < -0.4 is 10.2 Å². The van der Waals surface area contributed by atoms with Gasteiger partial charge in [0.25, 0.3) is 0 Å². The first-order valence-electron chi connectivity index (χ1n) is 4.60. The van der Waals surface area contributed by atoms with E-state index in [9.17, 15) is 0 Å². The van der Waals surface area contributed by atoms with Crippen molar-refractivity contribution in [3.8, 4) is 0 Å². The molecule has 0 bridgehead atoms. The topological polar surface area (TPSA) is 41.1 Å². The fourth-order valence-electron chi connectivity index (χ4n) is 1.41. The Morgan fingerprint density at radius 2 is 1.85 bits per heavy atom. The molecule has 1 aliphatic heterocycles. The zero-order valence-electron chi connectivity index (χ0n) is 7.82. The second-order valence-corrected chi connectivity index (χ2v) is 3.30. The van der Waals surface area contributed by atoms with Crippen molar-refractivity contribution in [2.75, 3.05) is 31.1 Å². The van der Waals surface area contributed by atoms with Crippen LogP contribution in [0.15, 0.2) is 12.4 Å². The predicted octanol–water partition coefficient (Wildman–Crippen LogP) is 0.195. The number of piperazine rings is 1. The zero-order chi connectivity index (χ0) is 9.10. The van der Waals surface area contributed by atoms with Gasteiger partial charge in [0.1, 0.15) is 0 Å². The van der Waals surface area contributed by atoms with Crippen molar-refractivity contribution in [1.29, 1.82) is 0 Å². The van der Waals surface area contributed by atoms with E-state index in [1.54, 1.807) is 0 Å².